The number of piperazine rings is 1. The minimum Gasteiger partial charge on any atom is -0.345 e. The molecule has 0 amide bonds. The summed E-state index contributed by atoms with van der Waals surface area (Å²) < 4.78 is 22.3. The fourth-order valence-electron chi connectivity index (χ4n) is 1.53. The lowest BCUT2D eigenvalue weighted by Crippen LogP contribution is -2.44. The summed E-state index contributed by atoms with van der Waals surface area (Å²) in [5.74, 6) is 0. The second-order valence-corrected chi connectivity index (χ2v) is 6.59. The molecule has 2 N–H and O–H groups in total. The van der Waals surface area contributed by atoms with E-state index in [2.05, 4.69) is 21.8 Å². The predicted molar refractivity (Wildman–Crippen MR) is 63.2 cm³/mol. The second-order valence-electron chi connectivity index (χ2n) is 3.80. The third kappa shape index (κ3) is 2.51. The Morgan fingerprint density at radius 1 is 1.38 bits per heavy atom. The number of hydrogen-bond donors (Lipinski definition) is 1. The maximum Gasteiger partial charge on any atom is 0.249 e. The van der Waals surface area contributed by atoms with E-state index < -0.39 is 10.0 Å². The molecule has 0 bridgehead atoms. The summed E-state index contributed by atoms with van der Waals surface area (Å²) >= 11 is 1.13. The molecule has 0 saturated carbocycles. The van der Waals surface area contributed by atoms with Crippen molar-refractivity contribution in [1.29, 1.82) is 0 Å². The van der Waals surface area contributed by atoms with Crippen LogP contribution in [0.15, 0.2) is 10.4 Å². The van der Waals surface area contributed by atoms with Crippen molar-refractivity contribution >= 4 is 26.5 Å². The first-order valence-corrected chi connectivity index (χ1v) is 7.25. The largest absolute Gasteiger partial charge is 0.345 e. The van der Waals surface area contributed by atoms with Gasteiger partial charge in [-0.3, -0.25) is 0 Å². The lowest BCUT2D eigenvalue weighted by molar-refractivity contribution is 0.313. The summed E-state index contributed by atoms with van der Waals surface area (Å²) in [5, 5.41) is 5.77. The molecular formula is C8H14N4O2S2. The van der Waals surface area contributed by atoms with Crippen LogP contribution >= 0.6 is 11.3 Å². The first-order chi connectivity index (χ1) is 7.47. The highest BCUT2D eigenvalue weighted by Gasteiger charge is 2.19. The minimum absolute atomic E-state index is 0.126. The maximum atomic E-state index is 11.1. The molecule has 1 aliphatic heterocycles. The molecule has 0 radical (unpaired) electrons. The molecule has 16 heavy (non-hydrogen) atoms. The van der Waals surface area contributed by atoms with Crippen molar-refractivity contribution < 1.29 is 8.42 Å². The molecule has 2 heterocycles. The van der Waals surface area contributed by atoms with Gasteiger partial charge in [-0.05, 0) is 7.05 Å². The molecule has 0 aromatic carbocycles. The predicted octanol–water partition coefficient (Wildman–Crippen LogP) is -0.458. The van der Waals surface area contributed by atoms with Crippen molar-refractivity contribution in [3.05, 3.63) is 6.20 Å². The van der Waals surface area contributed by atoms with E-state index in [9.17, 15) is 8.42 Å². The number of rotatable bonds is 2. The number of sulfonamides is 1. The van der Waals surface area contributed by atoms with Gasteiger partial charge in [0.15, 0.2) is 9.34 Å². The highest BCUT2D eigenvalue weighted by molar-refractivity contribution is 7.91. The molecule has 0 aliphatic carbocycles. The molecule has 2 rings (SSSR count). The van der Waals surface area contributed by atoms with Crippen LogP contribution in [0.1, 0.15) is 0 Å². The third-order valence-electron chi connectivity index (χ3n) is 2.53. The summed E-state index contributed by atoms with van der Waals surface area (Å²) in [4.78, 5) is 8.41. The molecule has 0 spiro atoms. The van der Waals surface area contributed by atoms with E-state index in [-0.39, 0.29) is 4.21 Å². The smallest absolute Gasteiger partial charge is 0.249 e. The Balaban J connectivity index is 2.14. The first-order valence-electron chi connectivity index (χ1n) is 4.89. The molecule has 1 fully saturated rings. The van der Waals surface area contributed by atoms with Gasteiger partial charge in [0.2, 0.25) is 10.0 Å². The van der Waals surface area contributed by atoms with Gasteiger partial charge < -0.3 is 9.80 Å². The van der Waals surface area contributed by atoms with Crippen LogP contribution in [-0.2, 0) is 10.0 Å². The zero-order valence-electron chi connectivity index (χ0n) is 8.96. The molecule has 8 heteroatoms. The van der Waals surface area contributed by atoms with E-state index in [0.717, 1.165) is 42.6 Å². The number of nitrogens with two attached hydrogens (primary N) is 1. The van der Waals surface area contributed by atoms with E-state index in [1.54, 1.807) is 0 Å². The molecule has 0 unspecified atom stereocenters. The monoisotopic (exact) mass is 262 g/mol. The fraction of sp³-hybridized carbons (Fsp3) is 0.625. The van der Waals surface area contributed by atoms with Crippen LogP contribution in [0.5, 0.6) is 0 Å². The highest BCUT2D eigenvalue weighted by atomic mass is 32.2. The van der Waals surface area contributed by atoms with Crippen LogP contribution in [0.4, 0.5) is 5.13 Å². The van der Waals surface area contributed by atoms with Crippen LogP contribution in [0.3, 0.4) is 0 Å². The van der Waals surface area contributed by atoms with Crippen LogP contribution in [0.25, 0.3) is 0 Å². The Labute approximate surface area is 98.7 Å². The number of primary sulfonamides is 1. The standard InChI is InChI=1S/C8H14N4O2S2/c1-11-2-4-12(5-3-11)8-10-6-7(15-8)16(9,13)14/h6H,2-5H2,1H3,(H2,9,13,14). The van der Waals surface area contributed by atoms with Crippen molar-refractivity contribution in [2.24, 2.45) is 5.14 Å². The fourth-order valence-corrected chi connectivity index (χ4v) is 3.12. The molecule has 90 valence electrons. The normalized spacial score (nSPS) is 19.0. The van der Waals surface area contributed by atoms with Crippen molar-refractivity contribution in [3.63, 3.8) is 0 Å². The van der Waals surface area contributed by atoms with E-state index in [1.807, 2.05) is 0 Å². The quantitative estimate of drug-likeness (QED) is 0.780. The number of thiazole rings is 1. The third-order valence-corrected chi connectivity index (χ3v) is 4.99. The van der Waals surface area contributed by atoms with Gasteiger partial charge in [-0.25, -0.2) is 18.5 Å². The van der Waals surface area contributed by atoms with E-state index in [0.29, 0.717) is 0 Å². The summed E-state index contributed by atoms with van der Waals surface area (Å²) in [5.41, 5.74) is 0. The molecule has 0 atom stereocenters. The van der Waals surface area contributed by atoms with Crippen molar-refractivity contribution in [2.75, 3.05) is 38.1 Å². The maximum absolute atomic E-state index is 11.1. The number of nitrogens with zero attached hydrogens (tertiary/aromatic N) is 3. The van der Waals surface area contributed by atoms with Crippen molar-refractivity contribution in [3.8, 4) is 0 Å². The minimum atomic E-state index is -3.61. The number of aromatic nitrogens is 1. The molecular weight excluding hydrogens is 248 g/mol. The average molecular weight is 262 g/mol. The number of anilines is 1. The van der Waals surface area contributed by atoms with Crippen LogP contribution in [-0.4, -0.2) is 51.5 Å². The average Bonchev–Trinajstić information content (AvgIpc) is 2.67. The zero-order valence-corrected chi connectivity index (χ0v) is 10.6. The van der Waals surface area contributed by atoms with Gasteiger partial charge in [-0.15, -0.1) is 0 Å². The van der Waals surface area contributed by atoms with Gasteiger partial charge in [0.25, 0.3) is 0 Å². The summed E-state index contributed by atoms with van der Waals surface area (Å²) in [7, 11) is -1.55. The Morgan fingerprint density at radius 2 is 2.00 bits per heavy atom. The van der Waals surface area contributed by atoms with Gasteiger partial charge in [0.05, 0.1) is 6.20 Å². The van der Waals surface area contributed by atoms with Crippen molar-refractivity contribution in [2.45, 2.75) is 4.21 Å². The van der Waals surface area contributed by atoms with Crippen LogP contribution in [0, 0.1) is 0 Å². The van der Waals surface area contributed by atoms with Crippen LogP contribution < -0.4 is 10.0 Å². The molecule has 1 saturated heterocycles. The van der Waals surface area contributed by atoms with Gasteiger partial charge in [-0.2, -0.15) is 0 Å². The summed E-state index contributed by atoms with van der Waals surface area (Å²) in [6.07, 6.45) is 1.33. The van der Waals surface area contributed by atoms with E-state index in [1.165, 1.54) is 6.20 Å². The van der Waals surface area contributed by atoms with Gasteiger partial charge in [0, 0.05) is 26.2 Å². The van der Waals surface area contributed by atoms with E-state index >= 15 is 0 Å². The Hall–Kier alpha value is -0.700. The molecule has 1 aliphatic rings. The lowest BCUT2D eigenvalue weighted by Gasteiger charge is -2.31. The second kappa shape index (κ2) is 4.28. The number of hydrogen-bond acceptors (Lipinski definition) is 6. The highest BCUT2D eigenvalue weighted by Crippen LogP contribution is 2.25. The molecule has 1 aromatic rings. The van der Waals surface area contributed by atoms with Crippen molar-refractivity contribution in [1.82, 2.24) is 9.88 Å². The summed E-state index contributed by atoms with van der Waals surface area (Å²) in [6, 6.07) is 0. The van der Waals surface area contributed by atoms with Gasteiger partial charge >= 0.3 is 0 Å². The Morgan fingerprint density at radius 3 is 2.50 bits per heavy atom. The topological polar surface area (TPSA) is 79.5 Å². The Bertz CT molecular complexity index is 462. The first kappa shape index (κ1) is 11.8. The molecule has 1 aromatic heterocycles. The van der Waals surface area contributed by atoms with E-state index in [4.69, 9.17) is 5.14 Å². The van der Waals surface area contributed by atoms with Gasteiger partial charge in [0.1, 0.15) is 0 Å². The molecule has 6 nitrogen and oxygen atoms in total. The Kier molecular flexibility index (Phi) is 3.15. The SMILES string of the molecule is CN1CCN(c2ncc(S(N)(=O)=O)s2)CC1. The summed E-state index contributed by atoms with van der Waals surface area (Å²) in [6.45, 7) is 3.66. The zero-order chi connectivity index (χ0) is 11.8. The number of likely N-dealkylation sites (N-methyl/N-ethyl adjacent to an activating group) is 1. The van der Waals surface area contributed by atoms with Crippen LogP contribution in [0.2, 0.25) is 0 Å². The lowest BCUT2D eigenvalue weighted by atomic mass is 10.3. The van der Waals surface area contributed by atoms with Gasteiger partial charge in [-0.1, -0.05) is 11.3 Å².